The standard InChI is InChI=1S/C15H16BrN3OS/c1-10(13-5-6-14(16)21-13)18-11-3-2-4-12(9-11)19-8-7-17-15(19)20/h2-6,9-10,18H,7-8H2,1H3,(H,17,20). The first-order valence-corrected chi connectivity index (χ1v) is 8.41. The zero-order valence-electron chi connectivity index (χ0n) is 11.6. The fraction of sp³-hybridized carbons (Fsp3) is 0.267. The molecule has 1 atom stereocenters. The van der Waals surface area contributed by atoms with Gasteiger partial charge in [-0.15, -0.1) is 11.3 Å². The van der Waals surface area contributed by atoms with Gasteiger partial charge in [-0.25, -0.2) is 4.79 Å². The summed E-state index contributed by atoms with van der Waals surface area (Å²) in [5.41, 5.74) is 1.94. The van der Waals surface area contributed by atoms with Gasteiger partial charge in [-0.1, -0.05) is 6.07 Å². The van der Waals surface area contributed by atoms with Crippen LogP contribution in [0.25, 0.3) is 0 Å². The molecule has 0 aliphatic carbocycles. The Balaban J connectivity index is 1.75. The number of thiophene rings is 1. The number of carbonyl (C=O) groups excluding carboxylic acids is 1. The number of carbonyl (C=O) groups is 1. The second-order valence-corrected chi connectivity index (χ2v) is 7.44. The van der Waals surface area contributed by atoms with Crippen LogP contribution < -0.4 is 15.5 Å². The van der Waals surface area contributed by atoms with Gasteiger partial charge in [0.15, 0.2) is 0 Å². The van der Waals surface area contributed by atoms with Gasteiger partial charge < -0.3 is 10.6 Å². The van der Waals surface area contributed by atoms with Crippen molar-refractivity contribution < 1.29 is 4.79 Å². The molecule has 4 nitrogen and oxygen atoms in total. The molecule has 2 aromatic rings. The summed E-state index contributed by atoms with van der Waals surface area (Å²) in [4.78, 5) is 14.8. The van der Waals surface area contributed by atoms with Crippen LogP contribution in [0.15, 0.2) is 40.2 Å². The summed E-state index contributed by atoms with van der Waals surface area (Å²) in [6.07, 6.45) is 0. The van der Waals surface area contributed by atoms with Crippen LogP contribution in [-0.4, -0.2) is 19.1 Å². The maximum Gasteiger partial charge on any atom is 0.321 e. The van der Waals surface area contributed by atoms with Gasteiger partial charge in [0.1, 0.15) is 0 Å². The number of halogens is 1. The largest absolute Gasteiger partial charge is 0.378 e. The molecule has 3 rings (SSSR count). The lowest BCUT2D eigenvalue weighted by Crippen LogP contribution is -2.27. The summed E-state index contributed by atoms with van der Waals surface area (Å²) < 4.78 is 1.13. The fourth-order valence-electron chi connectivity index (χ4n) is 2.36. The minimum atomic E-state index is -0.0256. The molecular formula is C15H16BrN3OS. The molecule has 0 saturated carbocycles. The Kier molecular flexibility index (Phi) is 4.17. The highest BCUT2D eigenvalue weighted by Gasteiger charge is 2.21. The molecule has 1 fully saturated rings. The first-order valence-electron chi connectivity index (χ1n) is 6.81. The van der Waals surface area contributed by atoms with Crippen LogP contribution in [0.5, 0.6) is 0 Å². The molecule has 0 radical (unpaired) electrons. The number of anilines is 2. The minimum Gasteiger partial charge on any atom is -0.378 e. The van der Waals surface area contributed by atoms with E-state index in [2.05, 4.69) is 45.6 Å². The molecule has 110 valence electrons. The SMILES string of the molecule is CC(Nc1cccc(N2CCNC2=O)c1)c1ccc(Br)s1. The highest BCUT2D eigenvalue weighted by atomic mass is 79.9. The van der Waals surface area contributed by atoms with Crippen molar-refractivity contribution in [3.05, 3.63) is 45.1 Å². The highest BCUT2D eigenvalue weighted by Crippen LogP contribution is 2.30. The van der Waals surface area contributed by atoms with Gasteiger partial charge in [-0.3, -0.25) is 4.90 Å². The van der Waals surface area contributed by atoms with Crippen LogP contribution in [0.2, 0.25) is 0 Å². The summed E-state index contributed by atoms with van der Waals surface area (Å²) in [5.74, 6) is 0. The average Bonchev–Trinajstić information content (AvgIpc) is 3.08. The van der Waals surface area contributed by atoms with Crippen molar-refractivity contribution in [1.82, 2.24) is 5.32 Å². The van der Waals surface area contributed by atoms with E-state index in [0.717, 1.165) is 21.7 Å². The number of rotatable bonds is 4. The second-order valence-electron chi connectivity index (χ2n) is 4.94. The van der Waals surface area contributed by atoms with E-state index in [-0.39, 0.29) is 12.1 Å². The molecule has 1 aromatic carbocycles. The van der Waals surface area contributed by atoms with Crippen LogP contribution in [0.4, 0.5) is 16.2 Å². The molecule has 0 spiro atoms. The van der Waals surface area contributed by atoms with Crippen LogP contribution in [0, 0.1) is 0 Å². The van der Waals surface area contributed by atoms with E-state index in [0.29, 0.717) is 6.54 Å². The highest BCUT2D eigenvalue weighted by molar-refractivity contribution is 9.11. The van der Waals surface area contributed by atoms with Crippen molar-refractivity contribution in [3.63, 3.8) is 0 Å². The molecule has 2 heterocycles. The first-order chi connectivity index (χ1) is 10.1. The van der Waals surface area contributed by atoms with Crippen molar-refractivity contribution in [1.29, 1.82) is 0 Å². The van der Waals surface area contributed by atoms with Gasteiger partial charge in [0, 0.05) is 29.3 Å². The summed E-state index contributed by atoms with van der Waals surface area (Å²) in [5, 5.41) is 6.30. The van der Waals surface area contributed by atoms with Gasteiger partial charge >= 0.3 is 6.03 Å². The van der Waals surface area contributed by atoms with E-state index in [1.54, 1.807) is 16.2 Å². The number of benzene rings is 1. The molecule has 6 heteroatoms. The summed E-state index contributed by atoms with van der Waals surface area (Å²) >= 11 is 5.21. The van der Waals surface area contributed by atoms with Crippen molar-refractivity contribution in [2.75, 3.05) is 23.3 Å². The van der Waals surface area contributed by atoms with E-state index in [1.165, 1.54) is 4.88 Å². The molecule has 1 unspecified atom stereocenters. The number of hydrogen-bond acceptors (Lipinski definition) is 3. The predicted octanol–water partition coefficient (Wildman–Crippen LogP) is 4.21. The molecule has 21 heavy (non-hydrogen) atoms. The number of nitrogens with zero attached hydrogens (tertiary/aromatic N) is 1. The minimum absolute atomic E-state index is 0.0256. The molecule has 2 N–H and O–H groups in total. The normalized spacial score (nSPS) is 15.9. The van der Waals surface area contributed by atoms with Crippen molar-refractivity contribution in [3.8, 4) is 0 Å². The Bertz CT molecular complexity index is 658. The van der Waals surface area contributed by atoms with Gasteiger partial charge in [-0.05, 0) is 53.2 Å². The quantitative estimate of drug-likeness (QED) is 0.851. The van der Waals surface area contributed by atoms with E-state index in [9.17, 15) is 4.79 Å². The maximum absolute atomic E-state index is 11.7. The number of urea groups is 1. The third-order valence-corrected chi connectivity index (χ3v) is 5.22. The molecule has 1 saturated heterocycles. The summed E-state index contributed by atoms with van der Waals surface area (Å²) in [6, 6.07) is 12.3. The Hall–Kier alpha value is -1.53. The van der Waals surface area contributed by atoms with Crippen molar-refractivity contribution >= 4 is 44.7 Å². The summed E-state index contributed by atoms with van der Waals surface area (Å²) in [6.45, 7) is 3.55. The van der Waals surface area contributed by atoms with E-state index in [1.807, 2.05) is 24.3 Å². The van der Waals surface area contributed by atoms with Gasteiger partial charge in [0.25, 0.3) is 0 Å². The van der Waals surface area contributed by atoms with Crippen molar-refractivity contribution in [2.24, 2.45) is 0 Å². The average molecular weight is 366 g/mol. The van der Waals surface area contributed by atoms with Crippen LogP contribution in [0.1, 0.15) is 17.8 Å². The number of nitrogens with one attached hydrogen (secondary N) is 2. The first kappa shape index (κ1) is 14.4. The monoisotopic (exact) mass is 365 g/mol. The Labute approximate surface area is 136 Å². The van der Waals surface area contributed by atoms with Gasteiger partial charge in [0.2, 0.25) is 0 Å². The topological polar surface area (TPSA) is 44.4 Å². The predicted molar refractivity (Wildman–Crippen MR) is 91.2 cm³/mol. The third kappa shape index (κ3) is 3.22. The maximum atomic E-state index is 11.7. The Morgan fingerprint density at radius 1 is 1.38 bits per heavy atom. The molecule has 2 amide bonds. The lowest BCUT2D eigenvalue weighted by Gasteiger charge is -2.18. The van der Waals surface area contributed by atoms with Crippen LogP contribution >= 0.6 is 27.3 Å². The van der Waals surface area contributed by atoms with E-state index in [4.69, 9.17) is 0 Å². The van der Waals surface area contributed by atoms with Crippen molar-refractivity contribution in [2.45, 2.75) is 13.0 Å². The number of hydrogen-bond donors (Lipinski definition) is 2. The molecule has 1 aliphatic rings. The molecular weight excluding hydrogens is 350 g/mol. The zero-order chi connectivity index (χ0) is 14.8. The molecule has 0 bridgehead atoms. The second kappa shape index (κ2) is 6.07. The number of amides is 2. The fourth-order valence-corrected chi connectivity index (χ4v) is 3.79. The van der Waals surface area contributed by atoms with Gasteiger partial charge in [-0.2, -0.15) is 0 Å². The van der Waals surface area contributed by atoms with Crippen LogP contribution in [0.3, 0.4) is 0 Å². The summed E-state index contributed by atoms with van der Waals surface area (Å²) in [7, 11) is 0. The molecule has 1 aromatic heterocycles. The van der Waals surface area contributed by atoms with E-state index < -0.39 is 0 Å². The smallest absolute Gasteiger partial charge is 0.321 e. The third-order valence-electron chi connectivity index (χ3n) is 3.42. The van der Waals surface area contributed by atoms with Gasteiger partial charge in [0.05, 0.1) is 9.83 Å². The lowest BCUT2D eigenvalue weighted by molar-refractivity contribution is 0.252. The molecule has 1 aliphatic heterocycles. The van der Waals surface area contributed by atoms with E-state index >= 15 is 0 Å². The lowest BCUT2D eigenvalue weighted by atomic mass is 10.2. The zero-order valence-corrected chi connectivity index (χ0v) is 14.0. The van der Waals surface area contributed by atoms with Crippen LogP contribution in [-0.2, 0) is 0 Å². The Morgan fingerprint density at radius 3 is 2.90 bits per heavy atom. The Morgan fingerprint density at radius 2 is 2.24 bits per heavy atom.